The Morgan fingerprint density at radius 1 is 1.19 bits per heavy atom. The fourth-order valence-electron chi connectivity index (χ4n) is 4.23. The first kappa shape index (κ1) is 20.6. The quantitative estimate of drug-likeness (QED) is 0.450. The van der Waals surface area contributed by atoms with Crippen molar-refractivity contribution in [1.82, 2.24) is 25.1 Å². The van der Waals surface area contributed by atoms with Gasteiger partial charge in [0.2, 0.25) is 5.95 Å². The second-order valence-electron chi connectivity index (χ2n) is 8.15. The van der Waals surface area contributed by atoms with Crippen LogP contribution in [0.25, 0.3) is 22.0 Å². The molecular weight excluding hydrogens is 416 g/mol. The lowest BCUT2D eigenvalue weighted by Gasteiger charge is -2.33. The number of piperidine rings is 1. The first-order valence-corrected chi connectivity index (χ1v) is 10.7. The lowest BCUT2D eigenvalue weighted by Crippen LogP contribution is -2.38. The second kappa shape index (κ2) is 8.70. The molecule has 1 fully saturated rings. The van der Waals surface area contributed by atoms with Crippen molar-refractivity contribution in [3.8, 4) is 0 Å². The highest BCUT2D eigenvalue weighted by Gasteiger charge is 2.24. The Labute approximate surface area is 183 Å². The molecule has 1 aliphatic heterocycles. The van der Waals surface area contributed by atoms with E-state index in [4.69, 9.17) is 9.40 Å². The summed E-state index contributed by atoms with van der Waals surface area (Å²) in [6.45, 7) is 1.94. The number of rotatable bonds is 7. The smallest absolute Gasteiger partial charge is 0.250 e. The SMILES string of the molecule is Cn1ncc2cc(Nc3nc(N4CCC(CNCC(F)F)CC4)c4occc4n3)ccc21. The number of hydrogen-bond acceptors (Lipinski definition) is 7. The van der Waals surface area contributed by atoms with Gasteiger partial charge < -0.3 is 20.0 Å². The molecule has 0 spiro atoms. The third-order valence-corrected chi connectivity index (χ3v) is 5.93. The van der Waals surface area contributed by atoms with E-state index in [9.17, 15) is 8.78 Å². The van der Waals surface area contributed by atoms with E-state index in [1.54, 1.807) is 6.26 Å². The summed E-state index contributed by atoms with van der Waals surface area (Å²) in [6.07, 6.45) is 2.95. The average Bonchev–Trinajstić information content (AvgIpc) is 3.40. The Morgan fingerprint density at radius 3 is 2.84 bits per heavy atom. The van der Waals surface area contributed by atoms with Crippen LogP contribution in [0.5, 0.6) is 0 Å². The lowest BCUT2D eigenvalue weighted by atomic mass is 9.97. The molecule has 1 saturated heterocycles. The first-order valence-electron chi connectivity index (χ1n) is 10.7. The fraction of sp³-hybridized carbons (Fsp3) is 0.409. The molecule has 4 aromatic rings. The van der Waals surface area contributed by atoms with Crippen molar-refractivity contribution in [2.24, 2.45) is 13.0 Å². The van der Waals surface area contributed by atoms with Gasteiger partial charge in [-0.1, -0.05) is 0 Å². The van der Waals surface area contributed by atoms with Crippen LogP contribution in [-0.4, -0.2) is 52.4 Å². The number of aryl methyl sites for hydroxylation is 1. The third kappa shape index (κ3) is 4.22. The summed E-state index contributed by atoms with van der Waals surface area (Å²) >= 11 is 0. The van der Waals surface area contributed by atoms with E-state index >= 15 is 0 Å². The minimum Gasteiger partial charge on any atom is -0.459 e. The van der Waals surface area contributed by atoms with Gasteiger partial charge in [0.1, 0.15) is 5.52 Å². The van der Waals surface area contributed by atoms with Crippen LogP contribution in [0.4, 0.5) is 26.2 Å². The fourth-order valence-corrected chi connectivity index (χ4v) is 4.23. The topological polar surface area (TPSA) is 84.0 Å². The number of alkyl halides is 2. The number of halogens is 2. The summed E-state index contributed by atoms with van der Waals surface area (Å²) in [7, 11) is 1.91. The monoisotopic (exact) mass is 441 g/mol. The number of benzene rings is 1. The number of anilines is 3. The van der Waals surface area contributed by atoms with Gasteiger partial charge in [-0.3, -0.25) is 4.68 Å². The van der Waals surface area contributed by atoms with Crippen molar-refractivity contribution in [1.29, 1.82) is 0 Å². The molecule has 32 heavy (non-hydrogen) atoms. The van der Waals surface area contributed by atoms with Gasteiger partial charge in [-0.25, -0.2) is 13.8 Å². The van der Waals surface area contributed by atoms with Crippen molar-refractivity contribution in [2.75, 3.05) is 36.4 Å². The number of furan rings is 1. The molecule has 0 amide bonds. The molecule has 0 saturated carbocycles. The van der Waals surface area contributed by atoms with Crippen LogP contribution in [0.2, 0.25) is 0 Å². The molecular formula is C22H25F2N7O. The van der Waals surface area contributed by atoms with E-state index in [1.165, 1.54) is 0 Å². The van der Waals surface area contributed by atoms with Crippen molar-refractivity contribution < 1.29 is 13.2 Å². The Bertz CT molecular complexity index is 1210. The third-order valence-electron chi connectivity index (χ3n) is 5.93. The van der Waals surface area contributed by atoms with Crippen LogP contribution in [0.15, 0.2) is 41.1 Å². The van der Waals surface area contributed by atoms with Gasteiger partial charge in [-0.15, -0.1) is 0 Å². The molecule has 10 heteroatoms. The summed E-state index contributed by atoms with van der Waals surface area (Å²) in [5.41, 5.74) is 3.32. The summed E-state index contributed by atoms with van der Waals surface area (Å²) in [5, 5.41) is 11.5. The zero-order valence-electron chi connectivity index (χ0n) is 17.8. The van der Waals surface area contributed by atoms with Crippen molar-refractivity contribution in [2.45, 2.75) is 19.3 Å². The van der Waals surface area contributed by atoms with Gasteiger partial charge in [-0.05, 0) is 43.5 Å². The molecule has 8 nitrogen and oxygen atoms in total. The zero-order chi connectivity index (χ0) is 22.1. The number of nitrogens with one attached hydrogen (secondary N) is 2. The van der Waals surface area contributed by atoms with Crippen molar-refractivity contribution in [3.05, 3.63) is 36.7 Å². The van der Waals surface area contributed by atoms with E-state index in [-0.39, 0.29) is 6.54 Å². The van der Waals surface area contributed by atoms with Gasteiger partial charge in [0.25, 0.3) is 6.43 Å². The molecule has 168 valence electrons. The highest BCUT2D eigenvalue weighted by molar-refractivity contribution is 5.87. The van der Waals surface area contributed by atoms with Crippen LogP contribution >= 0.6 is 0 Å². The summed E-state index contributed by atoms with van der Waals surface area (Å²) in [5.74, 6) is 1.63. The predicted octanol–water partition coefficient (Wildman–Crippen LogP) is 3.92. The minimum absolute atomic E-state index is 0.251. The maximum atomic E-state index is 12.4. The molecule has 4 heterocycles. The van der Waals surface area contributed by atoms with Crippen LogP contribution in [-0.2, 0) is 7.05 Å². The lowest BCUT2D eigenvalue weighted by molar-refractivity contribution is 0.143. The van der Waals surface area contributed by atoms with E-state index in [0.29, 0.717) is 24.0 Å². The summed E-state index contributed by atoms with van der Waals surface area (Å²) in [6, 6.07) is 7.83. The number of nitrogens with zero attached hydrogens (tertiary/aromatic N) is 5. The van der Waals surface area contributed by atoms with Crippen molar-refractivity contribution >= 4 is 39.5 Å². The molecule has 0 bridgehead atoms. The van der Waals surface area contributed by atoms with Crippen molar-refractivity contribution in [3.63, 3.8) is 0 Å². The molecule has 0 aliphatic carbocycles. The highest BCUT2D eigenvalue weighted by Crippen LogP contribution is 2.31. The summed E-state index contributed by atoms with van der Waals surface area (Å²) < 4.78 is 32.2. The zero-order valence-corrected chi connectivity index (χ0v) is 17.8. The molecule has 3 aromatic heterocycles. The Morgan fingerprint density at radius 2 is 2.03 bits per heavy atom. The Balaban J connectivity index is 1.33. The second-order valence-corrected chi connectivity index (χ2v) is 8.15. The van der Waals surface area contributed by atoms with Gasteiger partial charge >= 0.3 is 0 Å². The molecule has 0 radical (unpaired) electrons. The standard InChI is InChI=1S/C22H25F2N7O/c1-30-18-3-2-16(10-15(18)12-26-30)27-22-28-17-6-9-32-20(17)21(29-22)31-7-4-14(5-8-31)11-25-13-19(23)24/h2-3,6,9-10,12,14,19,25H,4-5,7-8,11,13H2,1H3,(H,27,28,29). The first-order chi connectivity index (χ1) is 15.6. The highest BCUT2D eigenvalue weighted by atomic mass is 19.3. The molecule has 1 aliphatic rings. The van der Waals surface area contributed by atoms with Gasteiger partial charge in [0.05, 0.1) is 24.5 Å². The Kier molecular flexibility index (Phi) is 5.60. The summed E-state index contributed by atoms with van der Waals surface area (Å²) in [4.78, 5) is 11.5. The van der Waals surface area contributed by atoms with Crippen LogP contribution in [0.3, 0.4) is 0 Å². The van der Waals surface area contributed by atoms with E-state index in [1.807, 2.05) is 42.2 Å². The maximum Gasteiger partial charge on any atom is 0.250 e. The molecule has 0 atom stereocenters. The largest absolute Gasteiger partial charge is 0.459 e. The number of fused-ring (bicyclic) bond motifs is 2. The molecule has 0 unspecified atom stereocenters. The minimum atomic E-state index is -2.31. The average molecular weight is 441 g/mol. The van der Waals surface area contributed by atoms with E-state index < -0.39 is 6.43 Å². The maximum absolute atomic E-state index is 12.4. The van der Waals surface area contributed by atoms with Gasteiger partial charge in [0, 0.05) is 37.3 Å². The molecule has 1 aromatic carbocycles. The van der Waals surface area contributed by atoms with Crippen LogP contribution in [0.1, 0.15) is 12.8 Å². The number of aromatic nitrogens is 4. The van der Waals surface area contributed by atoms with Crippen LogP contribution in [0, 0.1) is 5.92 Å². The normalized spacial score (nSPS) is 15.3. The van der Waals surface area contributed by atoms with E-state index in [0.717, 1.165) is 53.9 Å². The van der Waals surface area contributed by atoms with Gasteiger partial charge in [0.15, 0.2) is 11.4 Å². The molecule has 2 N–H and O–H groups in total. The van der Waals surface area contributed by atoms with E-state index in [2.05, 4.69) is 25.6 Å². The predicted molar refractivity (Wildman–Crippen MR) is 120 cm³/mol. The molecule has 5 rings (SSSR count). The van der Waals surface area contributed by atoms with Crippen LogP contribution < -0.4 is 15.5 Å². The Hall–Kier alpha value is -3.27. The number of hydrogen-bond donors (Lipinski definition) is 2. The van der Waals surface area contributed by atoms with Gasteiger partial charge in [-0.2, -0.15) is 10.1 Å².